The van der Waals surface area contributed by atoms with E-state index < -0.39 is 10.0 Å². The molecule has 0 radical (unpaired) electrons. The van der Waals surface area contributed by atoms with E-state index in [9.17, 15) is 18.0 Å². The van der Waals surface area contributed by atoms with Crippen molar-refractivity contribution in [1.29, 1.82) is 0 Å². The molecule has 0 unspecified atom stereocenters. The minimum absolute atomic E-state index is 0.248. The molecule has 27 heavy (non-hydrogen) atoms. The summed E-state index contributed by atoms with van der Waals surface area (Å²) in [7, 11) is -1.84. The molecule has 1 aromatic heterocycles. The highest BCUT2D eigenvalue weighted by Gasteiger charge is 2.25. The van der Waals surface area contributed by atoms with E-state index in [0.29, 0.717) is 18.7 Å². The molecular weight excluding hydrogens is 366 g/mol. The first kappa shape index (κ1) is 19.3. The van der Waals surface area contributed by atoms with Gasteiger partial charge in [0.05, 0.1) is 4.90 Å². The van der Waals surface area contributed by atoms with Crippen molar-refractivity contribution in [3.63, 3.8) is 0 Å². The number of sulfonamides is 1. The standard InChI is InChI=1S/C19H23N3O4S/c1-21-12-9-16(13-18(21)23)19(24)20-14-15-5-7-17(8-6-15)27(25,26)22-10-3-2-4-11-22/h5-9,12-13H,2-4,10-11,14H2,1H3,(H,20,24). The molecule has 0 aliphatic carbocycles. The van der Waals surface area contributed by atoms with Crippen molar-refractivity contribution >= 4 is 15.9 Å². The predicted octanol–water partition coefficient (Wildman–Crippen LogP) is 1.49. The largest absolute Gasteiger partial charge is 0.348 e. The van der Waals surface area contributed by atoms with Crippen LogP contribution >= 0.6 is 0 Å². The van der Waals surface area contributed by atoms with Crippen molar-refractivity contribution < 1.29 is 13.2 Å². The number of piperidine rings is 1. The number of aromatic nitrogens is 1. The van der Waals surface area contributed by atoms with Gasteiger partial charge in [-0.05, 0) is 36.6 Å². The van der Waals surface area contributed by atoms with Crippen molar-refractivity contribution in [2.24, 2.45) is 7.05 Å². The number of rotatable bonds is 5. The van der Waals surface area contributed by atoms with E-state index in [0.717, 1.165) is 24.8 Å². The molecule has 0 saturated carbocycles. The Kier molecular flexibility index (Phi) is 5.76. The van der Waals surface area contributed by atoms with Crippen LogP contribution in [-0.2, 0) is 23.6 Å². The second kappa shape index (κ2) is 8.06. The summed E-state index contributed by atoms with van der Waals surface area (Å²) in [5.74, 6) is -0.349. The van der Waals surface area contributed by atoms with Gasteiger partial charge in [0, 0.05) is 44.5 Å². The maximum absolute atomic E-state index is 12.6. The van der Waals surface area contributed by atoms with Crippen LogP contribution in [0.5, 0.6) is 0 Å². The topological polar surface area (TPSA) is 88.5 Å². The van der Waals surface area contributed by atoms with Crippen molar-refractivity contribution in [2.45, 2.75) is 30.7 Å². The summed E-state index contributed by atoms with van der Waals surface area (Å²) in [6.45, 7) is 1.38. The van der Waals surface area contributed by atoms with Crippen LogP contribution in [-0.4, -0.2) is 36.3 Å². The normalized spacial score (nSPS) is 15.4. The molecule has 144 valence electrons. The molecule has 1 saturated heterocycles. The van der Waals surface area contributed by atoms with Gasteiger partial charge in [-0.2, -0.15) is 4.31 Å². The maximum atomic E-state index is 12.6. The molecule has 1 aromatic carbocycles. The zero-order valence-electron chi connectivity index (χ0n) is 15.2. The fraction of sp³-hybridized carbons (Fsp3) is 0.368. The van der Waals surface area contributed by atoms with E-state index in [-0.39, 0.29) is 22.9 Å². The molecule has 3 rings (SSSR count). The molecule has 1 aliphatic rings. The molecule has 1 aliphatic heterocycles. The number of carbonyl (C=O) groups is 1. The van der Waals surface area contributed by atoms with Gasteiger partial charge >= 0.3 is 0 Å². The molecule has 7 nitrogen and oxygen atoms in total. The lowest BCUT2D eigenvalue weighted by Crippen LogP contribution is -2.35. The monoisotopic (exact) mass is 389 g/mol. The Balaban J connectivity index is 1.64. The molecule has 1 N–H and O–H groups in total. The van der Waals surface area contributed by atoms with Gasteiger partial charge in [0.2, 0.25) is 10.0 Å². The van der Waals surface area contributed by atoms with Crippen LogP contribution in [0.1, 0.15) is 35.2 Å². The highest BCUT2D eigenvalue weighted by molar-refractivity contribution is 7.89. The van der Waals surface area contributed by atoms with Gasteiger partial charge in [0.15, 0.2) is 0 Å². The van der Waals surface area contributed by atoms with E-state index >= 15 is 0 Å². The minimum atomic E-state index is -3.45. The summed E-state index contributed by atoms with van der Waals surface area (Å²) in [5, 5.41) is 2.74. The lowest BCUT2D eigenvalue weighted by Gasteiger charge is -2.25. The van der Waals surface area contributed by atoms with Crippen molar-refractivity contribution in [2.75, 3.05) is 13.1 Å². The molecular formula is C19H23N3O4S. The number of nitrogens with zero attached hydrogens (tertiary/aromatic N) is 2. The van der Waals surface area contributed by atoms with Gasteiger partial charge in [-0.3, -0.25) is 9.59 Å². The molecule has 2 aromatic rings. The third-order valence-corrected chi connectivity index (χ3v) is 6.61. The Morgan fingerprint density at radius 2 is 1.74 bits per heavy atom. The Bertz CT molecular complexity index is 975. The second-order valence-electron chi connectivity index (χ2n) is 6.66. The average molecular weight is 389 g/mol. The first-order valence-electron chi connectivity index (χ1n) is 8.92. The van der Waals surface area contributed by atoms with Gasteiger partial charge in [-0.25, -0.2) is 8.42 Å². The average Bonchev–Trinajstić information content (AvgIpc) is 2.69. The molecule has 0 spiro atoms. The minimum Gasteiger partial charge on any atom is -0.348 e. The van der Waals surface area contributed by atoms with Gasteiger partial charge in [-0.15, -0.1) is 0 Å². The number of hydrogen-bond donors (Lipinski definition) is 1. The Labute approximate surface area is 158 Å². The van der Waals surface area contributed by atoms with Crippen LogP contribution in [0, 0.1) is 0 Å². The zero-order chi connectivity index (χ0) is 19.4. The van der Waals surface area contributed by atoms with E-state index in [1.807, 2.05) is 0 Å². The number of hydrogen-bond acceptors (Lipinski definition) is 4. The first-order valence-corrected chi connectivity index (χ1v) is 10.4. The molecule has 0 atom stereocenters. The number of aryl methyl sites for hydroxylation is 1. The van der Waals surface area contributed by atoms with Gasteiger partial charge in [-0.1, -0.05) is 18.6 Å². The Hall–Kier alpha value is -2.45. The third-order valence-electron chi connectivity index (χ3n) is 4.70. The third kappa shape index (κ3) is 4.45. The highest BCUT2D eigenvalue weighted by atomic mass is 32.2. The van der Waals surface area contributed by atoms with Crippen LogP contribution < -0.4 is 10.9 Å². The molecule has 8 heteroatoms. The van der Waals surface area contributed by atoms with Crippen molar-refractivity contribution in [1.82, 2.24) is 14.2 Å². The van der Waals surface area contributed by atoms with E-state index in [2.05, 4.69) is 5.32 Å². The number of amides is 1. The lowest BCUT2D eigenvalue weighted by molar-refractivity contribution is 0.0950. The molecule has 1 amide bonds. The first-order chi connectivity index (χ1) is 12.9. The molecule has 2 heterocycles. The summed E-state index contributed by atoms with van der Waals surface area (Å²) in [5.41, 5.74) is 0.821. The van der Waals surface area contributed by atoms with Crippen LogP contribution in [0.25, 0.3) is 0 Å². The van der Waals surface area contributed by atoms with Crippen LogP contribution in [0.15, 0.2) is 52.3 Å². The summed E-state index contributed by atoms with van der Waals surface area (Å²) >= 11 is 0. The number of pyridine rings is 1. The van der Waals surface area contributed by atoms with Crippen LogP contribution in [0.3, 0.4) is 0 Å². The summed E-state index contributed by atoms with van der Waals surface area (Å²) < 4.78 is 28.2. The highest BCUT2D eigenvalue weighted by Crippen LogP contribution is 2.20. The molecule has 0 bridgehead atoms. The van der Waals surface area contributed by atoms with Gasteiger partial charge in [0.1, 0.15) is 0 Å². The quantitative estimate of drug-likeness (QED) is 0.839. The van der Waals surface area contributed by atoms with Crippen molar-refractivity contribution in [3.8, 4) is 0 Å². The fourth-order valence-corrected chi connectivity index (χ4v) is 4.52. The second-order valence-corrected chi connectivity index (χ2v) is 8.59. The lowest BCUT2D eigenvalue weighted by atomic mass is 10.2. The Morgan fingerprint density at radius 3 is 2.37 bits per heavy atom. The summed E-state index contributed by atoms with van der Waals surface area (Å²) in [6, 6.07) is 9.39. The van der Waals surface area contributed by atoms with Crippen molar-refractivity contribution in [3.05, 3.63) is 64.1 Å². The molecule has 1 fully saturated rings. The number of carbonyl (C=O) groups excluding carboxylic acids is 1. The number of nitrogens with one attached hydrogen (secondary N) is 1. The fourth-order valence-electron chi connectivity index (χ4n) is 3.01. The van der Waals surface area contributed by atoms with Crippen LogP contribution in [0.2, 0.25) is 0 Å². The number of benzene rings is 1. The van der Waals surface area contributed by atoms with E-state index in [1.54, 1.807) is 37.4 Å². The Morgan fingerprint density at radius 1 is 1.07 bits per heavy atom. The van der Waals surface area contributed by atoms with E-state index in [1.165, 1.54) is 21.1 Å². The zero-order valence-corrected chi connectivity index (χ0v) is 16.0. The summed E-state index contributed by atoms with van der Waals surface area (Å²) in [6.07, 6.45) is 4.40. The maximum Gasteiger partial charge on any atom is 0.251 e. The smallest absolute Gasteiger partial charge is 0.251 e. The van der Waals surface area contributed by atoms with Crippen LogP contribution in [0.4, 0.5) is 0 Å². The van der Waals surface area contributed by atoms with Gasteiger partial charge < -0.3 is 9.88 Å². The van der Waals surface area contributed by atoms with Gasteiger partial charge in [0.25, 0.3) is 11.5 Å². The van der Waals surface area contributed by atoms with E-state index in [4.69, 9.17) is 0 Å². The predicted molar refractivity (Wildman–Crippen MR) is 102 cm³/mol. The SMILES string of the molecule is Cn1ccc(C(=O)NCc2ccc(S(=O)(=O)N3CCCCC3)cc2)cc1=O. The summed E-state index contributed by atoms with van der Waals surface area (Å²) in [4.78, 5) is 24.0.